The van der Waals surface area contributed by atoms with Crippen molar-refractivity contribution in [3.63, 3.8) is 0 Å². The van der Waals surface area contributed by atoms with Gasteiger partial charge in [0.15, 0.2) is 0 Å². The van der Waals surface area contributed by atoms with Crippen molar-refractivity contribution in [2.24, 2.45) is 0 Å². The highest BCUT2D eigenvalue weighted by atomic mass is 19.1. The summed E-state index contributed by atoms with van der Waals surface area (Å²) in [5.74, 6) is -0.533. The Morgan fingerprint density at radius 3 is 3.00 bits per heavy atom. The van der Waals surface area contributed by atoms with Crippen molar-refractivity contribution in [1.82, 2.24) is 5.32 Å². The van der Waals surface area contributed by atoms with Crippen LogP contribution in [-0.4, -0.2) is 18.5 Å². The van der Waals surface area contributed by atoms with Gasteiger partial charge < -0.3 is 10.6 Å². The van der Waals surface area contributed by atoms with Gasteiger partial charge in [-0.15, -0.1) is 0 Å². The van der Waals surface area contributed by atoms with Crippen molar-refractivity contribution >= 4 is 11.6 Å². The number of rotatable bonds is 2. The lowest BCUT2D eigenvalue weighted by atomic mass is 10.0. The summed E-state index contributed by atoms with van der Waals surface area (Å²) >= 11 is 0. The Labute approximate surface area is 100 Å². The zero-order chi connectivity index (χ0) is 12.3. The number of hydrogen-bond acceptors (Lipinski definition) is 2. The molecular formula is C13H17FN2O. The molecule has 3 nitrogen and oxygen atoms in total. The van der Waals surface area contributed by atoms with Crippen LogP contribution < -0.4 is 10.6 Å². The molecule has 2 N–H and O–H groups in total. The summed E-state index contributed by atoms with van der Waals surface area (Å²) < 4.78 is 13.5. The first-order chi connectivity index (χ1) is 8.16. The van der Waals surface area contributed by atoms with Crippen LogP contribution in [0.1, 0.15) is 24.8 Å². The average Bonchev–Trinajstić information content (AvgIpc) is 2.35. The van der Waals surface area contributed by atoms with Gasteiger partial charge in [0.2, 0.25) is 5.91 Å². The van der Waals surface area contributed by atoms with E-state index in [1.165, 1.54) is 6.07 Å². The number of amides is 1. The summed E-state index contributed by atoms with van der Waals surface area (Å²) in [5, 5.41) is 5.78. The van der Waals surface area contributed by atoms with Gasteiger partial charge >= 0.3 is 0 Å². The highest BCUT2D eigenvalue weighted by molar-refractivity contribution is 5.95. The minimum Gasteiger partial charge on any atom is -0.322 e. The number of aryl methyl sites for hydroxylation is 1. The second-order valence-electron chi connectivity index (χ2n) is 4.48. The number of halogens is 1. The van der Waals surface area contributed by atoms with Crippen LogP contribution in [0, 0.1) is 12.7 Å². The van der Waals surface area contributed by atoms with Gasteiger partial charge in [0.1, 0.15) is 5.82 Å². The van der Waals surface area contributed by atoms with Crippen LogP contribution in [-0.2, 0) is 4.79 Å². The third kappa shape index (κ3) is 3.03. The average molecular weight is 236 g/mol. The summed E-state index contributed by atoms with van der Waals surface area (Å²) in [4.78, 5) is 11.9. The SMILES string of the molecule is Cc1ccc(F)c(NC(=O)[C@@H]2CCCCN2)c1. The molecule has 4 heteroatoms. The van der Waals surface area contributed by atoms with E-state index < -0.39 is 0 Å². The molecule has 17 heavy (non-hydrogen) atoms. The molecule has 2 rings (SSSR count). The van der Waals surface area contributed by atoms with Gasteiger partial charge in [-0.05, 0) is 44.0 Å². The molecule has 0 bridgehead atoms. The zero-order valence-corrected chi connectivity index (χ0v) is 9.92. The molecule has 1 aliphatic heterocycles. The van der Waals surface area contributed by atoms with Crippen molar-refractivity contribution in [3.8, 4) is 0 Å². The lowest BCUT2D eigenvalue weighted by molar-refractivity contribution is -0.118. The minimum absolute atomic E-state index is 0.144. The Kier molecular flexibility index (Phi) is 3.74. The maximum Gasteiger partial charge on any atom is 0.241 e. The van der Waals surface area contributed by atoms with Gasteiger partial charge in [-0.1, -0.05) is 12.5 Å². The minimum atomic E-state index is -0.389. The van der Waals surface area contributed by atoms with E-state index in [0.29, 0.717) is 0 Å². The standard InChI is InChI=1S/C13H17FN2O/c1-9-5-6-10(14)12(8-9)16-13(17)11-4-2-3-7-15-11/h5-6,8,11,15H,2-4,7H2,1H3,(H,16,17)/t11-/m0/s1. The van der Waals surface area contributed by atoms with E-state index in [2.05, 4.69) is 10.6 Å². The van der Waals surface area contributed by atoms with Crippen molar-refractivity contribution < 1.29 is 9.18 Å². The first-order valence-electron chi connectivity index (χ1n) is 5.97. The first-order valence-corrected chi connectivity index (χ1v) is 5.97. The highest BCUT2D eigenvalue weighted by Gasteiger charge is 2.21. The molecule has 0 radical (unpaired) electrons. The van der Waals surface area contributed by atoms with Crippen molar-refractivity contribution in [2.75, 3.05) is 11.9 Å². The van der Waals surface area contributed by atoms with Gasteiger partial charge in [0, 0.05) is 0 Å². The van der Waals surface area contributed by atoms with Crippen LogP contribution in [0.5, 0.6) is 0 Å². The van der Waals surface area contributed by atoms with E-state index >= 15 is 0 Å². The fourth-order valence-corrected chi connectivity index (χ4v) is 2.03. The zero-order valence-electron chi connectivity index (χ0n) is 9.92. The number of piperidine rings is 1. The van der Waals surface area contributed by atoms with Gasteiger partial charge in [-0.3, -0.25) is 4.79 Å². The molecule has 1 saturated heterocycles. The smallest absolute Gasteiger partial charge is 0.241 e. The molecule has 1 atom stereocenters. The van der Waals surface area contributed by atoms with E-state index in [-0.39, 0.29) is 23.5 Å². The van der Waals surface area contributed by atoms with Crippen LogP contribution in [0.2, 0.25) is 0 Å². The lowest BCUT2D eigenvalue weighted by Gasteiger charge is -2.22. The molecule has 1 aromatic rings. The fourth-order valence-electron chi connectivity index (χ4n) is 2.03. The number of benzene rings is 1. The number of nitrogens with one attached hydrogen (secondary N) is 2. The summed E-state index contributed by atoms with van der Waals surface area (Å²) in [7, 11) is 0. The molecule has 1 fully saturated rings. The quantitative estimate of drug-likeness (QED) is 0.826. The molecule has 0 aliphatic carbocycles. The second-order valence-corrected chi connectivity index (χ2v) is 4.48. The molecule has 0 saturated carbocycles. The predicted molar refractivity (Wildman–Crippen MR) is 65.4 cm³/mol. The second kappa shape index (κ2) is 5.27. The number of hydrogen-bond donors (Lipinski definition) is 2. The summed E-state index contributed by atoms with van der Waals surface area (Å²) in [6, 6.07) is 4.52. The van der Waals surface area contributed by atoms with Crippen molar-refractivity contribution in [2.45, 2.75) is 32.2 Å². The van der Waals surface area contributed by atoms with E-state index in [4.69, 9.17) is 0 Å². The van der Waals surface area contributed by atoms with E-state index in [9.17, 15) is 9.18 Å². The van der Waals surface area contributed by atoms with E-state index in [1.807, 2.05) is 6.92 Å². The third-order valence-corrected chi connectivity index (χ3v) is 3.01. The van der Waals surface area contributed by atoms with Gasteiger partial charge in [0.05, 0.1) is 11.7 Å². The van der Waals surface area contributed by atoms with Crippen LogP contribution in [0.25, 0.3) is 0 Å². The van der Waals surface area contributed by atoms with Crippen molar-refractivity contribution in [1.29, 1.82) is 0 Å². The number of carbonyl (C=O) groups excluding carboxylic acids is 1. The van der Waals surface area contributed by atoms with Gasteiger partial charge in [-0.25, -0.2) is 4.39 Å². The molecule has 1 amide bonds. The number of carbonyl (C=O) groups is 1. The molecule has 1 aliphatic rings. The lowest BCUT2D eigenvalue weighted by Crippen LogP contribution is -2.43. The highest BCUT2D eigenvalue weighted by Crippen LogP contribution is 2.17. The van der Waals surface area contributed by atoms with Crippen LogP contribution in [0.4, 0.5) is 10.1 Å². The summed E-state index contributed by atoms with van der Waals surface area (Å²) in [6.07, 6.45) is 2.96. The Morgan fingerprint density at radius 2 is 2.29 bits per heavy atom. The molecule has 1 aromatic carbocycles. The largest absolute Gasteiger partial charge is 0.322 e. The van der Waals surface area contributed by atoms with Gasteiger partial charge in [-0.2, -0.15) is 0 Å². The number of anilines is 1. The van der Waals surface area contributed by atoms with E-state index in [1.54, 1.807) is 12.1 Å². The summed E-state index contributed by atoms with van der Waals surface area (Å²) in [6.45, 7) is 2.72. The first kappa shape index (κ1) is 12.0. The maximum absolute atomic E-state index is 13.5. The van der Waals surface area contributed by atoms with Gasteiger partial charge in [0.25, 0.3) is 0 Å². The predicted octanol–water partition coefficient (Wildman–Crippen LogP) is 2.21. The van der Waals surface area contributed by atoms with E-state index in [0.717, 1.165) is 31.4 Å². The molecule has 0 aromatic heterocycles. The summed E-state index contributed by atoms with van der Waals surface area (Å²) in [5.41, 5.74) is 1.20. The Morgan fingerprint density at radius 1 is 1.47 bits per heavy atom. The molecule has 92 valence electrons. The topological polar surface area (TPSA) is 41.1 Å². The Balaban J connectivity index is 2.04. The van der Waals surface area contributed by atoms with Crippen LogP contribution >= 0.6 is 0 Å². The Bertz CT molecular complexity index is 414. The van der Waals surface area contributed by atoms with Crippen LogP contribution in [0.3, 0.4) is 0 Å². The maximum atomic E-state index is 13.5. The third-order valence-electron chi connectivity index (χ3n) is 3.01. The monoisotopic (exact) mass is 236 g/mol. The molecular weight excluding hydrogens is 219 g/mol. The Hall–Kier alpha value is -1.42. The van der Waals surface area contributed by atoms with Crippen molar-refractivity contribution in [3.05, 3.63) is 29.6 Å². The van der Waals surface area contributed by atoms with Crippen LogP contribution in [0.15, 0.2) is 18.2 Å². The normalized spacial score (nSPS) is 20.0. The molecule has 0 unspecified atom stereocenters. The molecule has 1 heterocycles. The fraction of sp³-hybridized carbons (Fsp3) is 0.462. The molecule has 0 spiro atoms.